The predicted octanol–water partition coefficient (Wildman–Crippen LogP) is 2.70. The van der Waals surface area contributed by atoms with E-state index >= 15 is 0 Å². The standard InChI is InChI=1S/C21H17FN2O4/c1-3-11-28-18-10-5-14(13-19(18)27-4-2)12-17-20(25)23-24(21(17)26)16-8-6-15(22)7-9-16/h1,5-10,12-13H,4,11H2,2H3,(H,23,25)/b17-12-. The monoisotopic (exact) mass is 380 g/mol. The van der Waals surface area contributed by atoms with Crippen molar-refractivity contribution in [2.45, 2.75) is 6.92 Å². The van der Waals surface area contributed by atoms with Crippen LogP contribution in [0.15, 0.2) is 48.0 Å². The van der Waals surface area contributed by atoms with Gasteiger partial charge in [-0.25, -0.2) is 9.40 Å². The van der Waals surface area contributed by atoms with Gasteiger partial charge in [-0.15, -0.1) is 6.42 Å². The Balaban J connectivity index is 1.89. The molecule has 1 fully saturated rings. The molecule has 0 radical (unpaired) electrons. The normalized spacial score (nSPS) is 14.8. The van der Waals surface area contributed by atoms with Crippen LogP contribution in [0, 0.1) is 18.2 Å². The van der Waals surface area contributed by atoms with E-state index in [4.69, 9.17) is 15.9 Å². The molecule has 1 N–H and O–H groups in total. The number of amides is 2. The van der Waals surface area contributed by atoms with Crippen molar-refractivity contribution >= 4 is 23.6 Å². The number of hydrogen-bond donors (Lipinski definition) is 1. The highest BCUT2D eigenvalue weighted by atomic mass is 19.1. The largest absolute Gasteiger partial charge is 0.490 e. The Morgan fingerprint density at radius 2 is 1.89 bits per heavy atom. The third-order valence-electron chi connectivity index (χ3n) is 3.87. The van der Waals surface area contributed by atoms with Gasteiger partial charge in [0, 0.05) is 0 Å². The van der Waals surface area contributed by atoms with Crippen LogP contribution in [0.25, 0.3) is 6.08 Å². The van der Waals surface area contributed by atoms with Crippen LogP contribution in [-0.2, 0) is 9.59 Å². The molecule has 142 valence electrons. The van der Waals surface area contributed by atoms with Gasteiger partial charge >= 0.3 is 0 Å². The van der Waals surface area contributed by atoms with Crippen molar-refractivity contribution in [3.63, 3.8) is 0 Å². The van der Waals surface area contributed by atoms with Gasteiger partial charge in [0.15, 0.2) is 11.5 Å². The summed E-state index contributed by atoms with van der Waals surface area (Å²) in [5, 5.41) is 1.07. The zero-order chi connectivity index (χ0) is 20.1. The first kappa shape index (κ1) is 19.0. The Morgan fingerprint density at radius 1 is 1.14 bits per heavy atom. The maximum absolute atomic E-state index is 13.1. The van der Waals surface area contributed by atoms with Crippen LogP contribution in [-0.4, -0.2) is 25.0 Å². The first-order valence-corrected chi connectivity index (χ1v) is 8.49. The van der Waals surface area contributed by atoms with Crippen LogP contribution in [0.4, 0.5) is 10.1 Å². The number of halogens is 1. The van der Waals surface area contributed by atoms with E-state index in [-0.39, 0.29) is 12.2 Å². The number of carbonyl (C=O) groups is 2. The van der Waals surface area contributed by atoms with Crippen LogP contribution in [0.2, 0.25) is 0 Å². The molecule has 0 bridgehead atoms. The SMILES string of the molecule is C#CCOc1ccc(/C=C2/C(=O)NN(c3ccc(F)cc3)C2=O)cc1OCC. The molecule has 0 aliphatic carbocycles. The minimum absolute atomic E-state index is 0.0518. The number of terminal acetylenes is 1. The zero-order valence-electron chi connectivity index (χ0n) is 15.1. The van der Waals surface area contributed by atoms with Crippen molar-refractivity contribution in [3.8, 4) is 23.8 Å². The third kappa shape index (κ3) is 3.96. The van der Waals surface area contributed by atoms with E-state index in [0.29, 0.717) is 29.4 Å². The van der Waals surface area contributed by atoms with Crippen LogP contribution >= 0.6 is 0 Å². The molecule has 7 heteroatoms. The van der Waals surface area contributed by atoms with Gasteiger partial charge in [0.25, 0.3) is 11.8 Å². The van der Waals surface area contributed by atoms with E-state index in [1.54, 1.807) is 18.2 Å². The van der Waals surface area contributed by atoms with E-state index in [9.17, 15) is 14.0 Å². The van der Waals surface area contributed by atoms with Crippen molar-refractivity contribution in [1.82, 2.24) is 5.43 Å². The number of rotatable bonds is 6. The molecule has 2 aromatic rings. The molecule has 3 rings (SSSR count). The van der Waals surface area contributed by atoms with Gasteiger partial charge in [0.2, 0.25) is 0 Å². The molecular formula is C21H17FN2O4. The number of nitrogens with zero attached hydrogens (tertiary/aromatic N) is 1. The maximum atomic E-state index is 13.1. The van der Waals surface area contributed by atoms with Crippen molar-refractivity contribution in [2.24, 2.45) is 0 Å². The highest BCUT2D eigenvalue weighted by Gasteiger charge is 2.34. The number of ether oxygens (including phenoxy) is 2. The molecular weight excluding hydrogens is 363 g/mol. The molecule has 1 heterocycles. The molecule has 0 aromatic heterocycles. The fourth-order valence-corrected chi connectivity index (χ4v) is 2.62. The summed E-state index contributed by atoms with van der Waals surface area (Å²) in [5.41, 5.74) is 3.35. The van der Waals surface area contributed by atoms with E-state index in [2.05, 4.69) is 11.3 Å². The van der Waals surface area contributed by atoms with E-state index in [1.165, 1.54) is 30.3 Å². The average Bonchev–Trinajstić information content (AvgIpc) is 2.96. The number of anilines is 1. The van der Waals surface area contributed by atoms with E-state index in [0.717, 1.165) is 5.01 Å². The molecule has 0 saturated carbocycles. The van der Waals surface area contributed by atoms with Crippen LogP contribution in [0.3, 0.4) is 0 Å². The zero-order valence-corrected chi connectivity index (χ0v) is 15.1. The molecule has 0 unspecified atom stereocenters. The van der Waals surface area contributed by atoms with Crippen molar-refractivity contribution in [1.29, 1.82) is 0 Å². The Morgan fingerprint density at radius 3 is 2.57 bits per heavy atom. The molecule has 1 aliphatic rings. The smallest absolute Gasteiger partial charge is 0.282 e. The summed E-state index contributed by atoms with van der Waals surface area (Å²) < 4.78 is 24.1. The fourth-order valence-electron chi connectivity index (χ4n) is 2.62. The quantitative estimate of drug-likeness (QED) is 0.475. The van der Waals surface area contributed by atoms with Crippen LogP contribution in [0.1, 0.15) is 12.5 Å². The second-order valence-electron chi connectivity index (χ2n) is 5.75. The third-order valence-corrected chi connectivity index (χ3v) is 3.87. The van der Waals surface area contributed by atoms with Crippen molar-refractivity contribution in [3.05, 3.63) is 59.4 Å². The first-order chi connectivity index (χ1) is 13.5. The molecule has 2 aromatic carbocycles. The number of nitrogens with one attached hydrogen (secondary N) is 1. The maximum Gasteiger partial charge on any atom is 0.282 e. The van der Waals surface area contributed by atoms with Gasteiger partial charge in [0.05, 0.1) is 12.3 Å². The Labute approximate surface area is 161 Å². The lowest BCUT2D eigenvalue weighted by molar-refractivity contribution is -0.117. The lowest BCUT2D eigenvalue weighted by atomic mass is 10.1. The summed E-state index contributed by atoms with van der Waals surface area (Å²) in [5.74, 6) is 1.77. The number of benzene rings is 2. The highest BCUT2D eigenvalue weighted by Crippen LogP contribution is 2.30. The van der Waals surface area contributed by atoms with Gasteiger partial charge in [-0.1, -0.05) is 12.0 Å². The minimum Gasteiger partial charge on any atom is -0.490 e. The lowest BCUT2D eigenvalue weighted by Crippen LogP contribution is -2.35. The Bertz CT molecular complexity index is 977. The Kier molecular flexibility index (Phi) is 5.61. The molecule has 1 saturated heterocycles. The highest BCUT2D eigenvalue weighted by molar-refractivity contribution is 6.31. The summed E-state index contributed by atoms with van der Waals surface area (Å²) in [6.07, 6.45) is 6.66. The average molecular weight is 380 g/mol. The molecule has 1 aliphatic heterocycles. The summed E-state index contributed by atoms with van der Waals surface area (Å²) in [4.78, 5) is 24.9. The van der Waals surface area contributed by atoms with Crippen LogP contribution < -0.4 is 19.9 Å². The van der Waals surface area contributed by atoms with Gasteiger partial charge in [0.1, 0.15) is 18.0 Å². The van der Waals surface area contributed by atoms with Crippen LogP contribution in [0.5, 0.6) is 11.5 Å². The molecule has 0 atom stereocenters. The molecule has 28 heavy (non-hydrogen) atoms. The second-order valence-corrected chi connectivity index (χ2v) is 5.75. The lowest BCUT2D eigenvalue weighted by Gasteiger charge is -2.14. The molecule has 6 nitrogen and oxygen atoms in total. The van der Waals surface area contributed by atoms with Gasteiger partial charge < -0.3 is 9.47 Å². The molecule has 0 spiro atoms. The number of hydrazine groups is 1. The van der Waals surface area contributed by atoms with Gasteiger partial charge in [-0.2, -0.15) is 0 Å². The summed E-state index contributed by atoms with van der Waals surface area (Å²) in [6.45, 7) is 2.32. The Hall–Kier alpha value is -3.79. The van der Waals surface area contributed by atoms with Crippen molar-refractivity contribution < 1.29 is 23.5 Å². The number of hydrogen-bond acceptors (Lipinski definition) is 4. The fraction of sp³-hybridized carbons (Fsp3) is 0.143. The number of carbonyl (C=O) groups excluding carboxylic acids is 2. The second kappa shape index (κ2) is 8.27. The van der Waals surface area contributed by atoms with Gasteiger partial charge in [-0.3, -0.25) is 15.0 Å². The van der Waals surface area contributed by atoms with Crippen molar-refractivity contribution in [2.75, 3.05) is 18.2 Å². The first-order valence-electron chi connectivity index (χ1n) is 8.49. The summed E-state index contributed by atoms with van der Waals surface area (Å²) in [7, 11) is 0. The van der Waals surface area contributed by atoms with E-state index < -0.39 is 17.6 Å². The molecule has 2 amide bonds. The predicted molar refractivity (Wildman–Crippen MR) is 102 cm³/mol. The minimum atomic E-state index is -0.556. The summed E-state index contributed by atoms with van der Waals surface area (Å²) in [6, 6.07) is 10.2. The summed E-state index contributed by atoms with van der Waals surface area (Å²) >= 11 is 0. The van der Waals surface area contributed by atoms with Gasteiger partial charge in [-0.05, 0) is 55.0 Å². The van der Waals surface area contributed by atoms with E-state index in [1.807, 2.05) is 6.92 Å². The topological polar surface area (TPSA) is 67.9 Å².